The fourth-order valence-electron chi connectivity index (χ4n) is 2.71. The minimum atomic E-state index is 0.346. The number of hydrogen-bond donors (Lipinski definition) is 2. The molecule has 106 valence electrons. The summed E-state index contributed by atoms with van der Waals surface area (Å²) in [5.74, 6) is 0.346. The molecule has 0 saturated heterocycles. The second-order valence-electron chi connectivity index (χ2n) is 5.34. The van der Waals surface area contributed by atoms with Crippen molar-refractivity contribution in [2.24, 2.45) is 0 Å². The Morgan fingerprint density at radius 2 is 2.11 bits per heavy atom. The highest BCUT2D eigenvalue weighted by atomic mass is 79.9. The van der Waals surface area contributed by atoms with Crippen molar-refractivity contribution in [2.75, 3.05) is 20.1 Å². The summed E-state index contributed by atoms with van der Waals surface area (Å²) in [6.07, 6.45) is 5.47. The van der Waals surface area contributed by atoms with Crippen LogP contribution in [0.15, 0.2) is 22.7 Å². The van der Waals surface area contributed by atoms with E-state index in [1.54, 1.807) is 0 Å². The molecule has 0 amide bonds. The van der Waals surface area contributed by atoms with Crippen LogP contribution in [-0.4, -0.2) is 36.2 Å². The van der Waals surface area contributed by atoms with Gasteiger partial charge in [0.25, 0.3) is 0 Å². The first-order valence-electron chi connectivity index (χ1n) is 7.06. The molecular weight excluding hydrogens is 304 g/mol. The topological polar surface area (TPSA) is 35.5 Å². The van der Waals surface area contributed by atoms with Gasteiger partial charge < -0.3 is 15.3 Å². The lowest BCUT2D eigenvalue weighted by Gasteiger charge is -2.24. The van der Waals surface area contributed by atoms with Crippen molar-refractivity contribution in [2.45, 2.75) is 38.3 Å². The normalized spacial score (nSPS) is 16.4. The molecule has 0 aromatic heterocycles. The molecule has 4 heteroatoms. The number of aromatic hydroxyl groups is 1. The number of phenols is 1. The molecule has 0 bridgehead atoms. The van der Waals surface area contributed by atoms with Gasteiger partial charge in [-0.15, -0.1) is 0 Å². The molecular formula is C15H23BrN2O. The van der Waals surface area contributed by atoms with Crippen LogP contribution in [0.5, 0.6) is 5.75 Å². The van der Waals surface area contributed by atoms with Crippen molar-refractivity contribution in [1.29, 1.82) is 0 Å². The maximum Gasteiger partial charge on any atom is 0.134 e. The summed E-state index contributed by atoms with van der Waals surface area (Å²) in [6, 6.07) is 6.53. The third-order valence-electron chi connectivity index (χ3n) is 3.98. The van der Waals surface area contributed by atoms with Gasteiger partial charge in [-0.1, -0.05) is 25.0 Å². The highest BCUT2D eigenvalue weighted by molar-refractivity contribution is 9.10. The highest BCUT2D eigenvalue weighted by Crippen LogP contribution is 2.27. The fourth-order valence-corrected chi connectivity index (χ4v) is 3.12. The Morgan fingerprint density at radius 1 is 1.37 bits per heavy atom. The number of halogens is 1. The maximum atomic E-state index is 9.88. The van der Waals surface area contributed by atoms with Crippen molar-refractivity contribution in [3.63, 3.8) is 0 Å². The van der Waals surface area contributed by atoms with Crippen molar-refractivity contribution in [1.82, 2.24) is 10.2 Å². The van der Waals surface area contributed by atoms with Crippen LogP contribution in [0.2, 0.25) is 0 Å². The lowest BCUT2D eigenvalue weighted by molar-refractivity contribution is 0.245. The third-order valence-corrected chi connectivity index (χ3v) is 4.62. The van der Waals surface area contributed by atoms with Crippen LogP contribution in [0.3, 0.4) is 0 Å². The van der Waals surface area contributed by atoms with Gasteiger partial charge >= 0.3 is 0 Å². The van der Waals surface area contributed by atoms with Crippen molar-refractivity contribution >= 4 is 15.9 Å². The van der Waals surface area contributed by atoms with Crippen LogP contribution in [0.4, 0.5) is 0 Å². The molecule has 0 aliphatic heterocycles. The molecule has 19 heavy (non-hydrogen) atoms. The first kappa shape index (κ1) is 14.8. The first-order valence-corrected chi connectivity index (χ1v) is 7.85. The summed E-state index contributed by atoms with van der Waals surface area (Å²) in [4.78, 5) is 2.46. The Hall–Kier alpha value is -0.580. The Bertz CT molecular complexity index is 405. The van der Waals surface area contributed by atoms with Crippen LogP contribution in [0.25, 0.3) is 0 Å². The van der Waals surface area contributed by atoms with Gasteiger partial charge in [-0.3, -0.25) is 0 Å². The van der Waals surface area contributed by atoms with Gasteiger partial charge in [0.2, 0.25) is 0 Å². The van der Waals surface area contributed by atoms with E-state index in [2.05, 4.69) is 33.2 Å². The van der Waals surface area contributed by atoms with Crippen LogP contribution in [-0.2, 0) is 6.54 Å². The van der Waals surface area contributed by atoms with Crippen molar-refractivity contribution < 1.29 is 5.11 Å². The van der Waals surface area contributed by atoms with Gasteiger partial charge in [0.15, 0.2) is 0 Å². The largest absolute Gasteiger partial charge is 0.506 e. The summed E-state index contributed by atoms with van der Waals surface area (Å²) in [5, 5.41) is 13.3. The molecule has 0 spiro atoms. The number of nitrogens with zero attached hydrogens (tertiary/aromatic N) is 1. The summed E-state index contributed by atoms with van der Waals surface area (Å²) in [7, 11) is 2.22. The van der Waals surface area contributed by atoms with Gasteiger partial charge in [0, 0.05) is 31.2 Å². The quantitative estimate of drug-likeness (QED) is 0.788. The number of benzene rings is 1. The van der Waals surface area contributed by atoms with E-state index in [1.165, 1.54) is 25.7 Å². The number of nitrogens with one attached hydrogen (secondary N) is 1. The minimum Gasteiger partial charge on any atom is -0.506 e. The molecule has 1 aromatic carbocycles. The van der Waals surface area contributed by atoms with Crippen molar-refractivity contribution in [3.8, 4) is 5.75 Å². The Kier molecular flexibility index (Phi) is 5.67. The van der Waals surface area contributed by atoms with Crippen LogP contribution in [0.1, 0.15) is 31.2 Å². The zero-order valence-corrected chi connectivity index (χ0v) is 13.1. The predicted molar refractivity (Wildman–Crippen MR) is 82.4 cm³/mol. The van der Waals surface area contributed by atoms with Crippen LogP contribution >= 0.6 is 15.9 Å². The molecule has 3 nitrogen and oxygen atoms in total. The molecule has 1 saturated carbocycles. The summed E-state index contributed by atoms with van der Waals surface area (Å²) in [6.45, 7) is 2.74. The molecule has 2 N–H and O–H groups in total. The van der Waals surface area contributed by atoms with E-state index in [1.807, 2.05) is 18.2 Å². The summed E-state index contributed by atoms with van der Waals surface area (Å²) in [5.41, 5.74) is 0.942. The SMILES string of the molecule is CN(CCNCc1cccc(Br)c1O)C1CCCC1. The molecule has 1 fully saturated rings. The molecule has 1 aliphatic rings. The van der Waals surface area contributed by atoms with E-state index in [4.69, 9.17) is 0 Å². The second kappa shape index (κ2) is 7.27. The summed E-state index contributed by atoms with van der Waals surface area (Å²) >= 11 is 3.34. The lowest BCUT2D eigenvalue weighted by atomic mass is 10.2. The summed E-state index contributed by atoms with van der Waals surface area (Å²) < 4.78 is 0.759. The number of hydrogen-bond acceptors (Lipinski definition) is 3. The second-order valence-corrected chi connectivity index (χ2v) is 6.20. The Morgan fingerprint density at radius 3 is 2.84 bits per heavy atom. The van der Waals surface area contributed by atoms with E-state index in [-0.39, 0.29) is 0 Å². The van der Waals surface area contributed by atoms with E-state index >= 15 is 0 Å². The van der Waals surface area contributed by atoms with Crippen LogP contribution < -0.4 is 5.32 Å². The molecule has 0 heterocycles. The van der Waals surface area contributed by atoms with Gasteiger partial charge in [0.05, 0.1) is 4.47 Å². The van der Waals surface area contributed by atoms with E-state index < -0.39 is 0 Å². The standard InChI is InChI=1S/C15H23BrN2O/c1-18(13-6-2-3-7-13)10-9-17-11-12-5-4-8-14(16)15(12)19/h4-5,8,13,17,19H,2-3,6-7,9-11H2,1H3. The highest BCUT2D eigenvalue weighted by Gasteiger charge is 2.18. The zero-order valence-electron chi connectivity index (χ0n) is 11.5. The third kappa shape index (κ3) is 4.20. The average molecular weight is 327 g/mol. The number of likely N-dealkylation sites (N-methyl/N-ethyl adjacent to an activating group) is 1. The van der Waals surface area contributed by atoms with E-state index in [0.29, 0.717) is 12.3 Å². The van der Waals surface area contributed by atoms with Gasteiger partial charge in [-0.2, -0.15) is 0 Å². The molecule has 1 aromatic rings. The Labute approximate surface area is 124 Å². The Balaban J connectivity index is 1.70. The minimum absolute atomic E-state index is 0.346. The van der Waals surface area contributed by atoms with Crippen LogP contribution in [0, 0.1) is 0 Å². The van der Waals surface area contributed by atoms with E-state index in [9.17, 15) is 5.11 Å². The number of para-hydroxylation sites is 1. The number of rotatable bonds is 6. The molecule has 2 rings (SSSR count). The predicted octanol–water partition coefficient (Wildman–Crippen LogP) is 3.12. The van der Waals surface area contributed by atoms with Crippen molar-refractivity contribution in [3.05, 3.63) is 28.2 Å². The lowest BCUT2D eigenvalue weighted by Crippen LogP contribution is -2.35. The molecule has 0 radical (unpaired) electrons. The maximum absolute atomic E-state index is 9.88. The monoisotopic (exact) mass is 326 g/mol. The average Bonchev–Trinajstić information content (AvgIpc) is 2.93. The van der Waals surface area contributed by atoms with E-state index in [0.717, 1.165) is 29.2 Å². The fraction of sp³-hybridized carbons (Fsp3) is 0.600. The molecule has 0 atom stereocenters. The van der Waals surface area contributed by atoms with Gasteiger partial charge in [-0.25, -0.2) is 0 Å². The zero-order chi connectivity index (χ0) is 13.7. The smallest absolute Gasteiger partial charge is 0.134 e. The first-order chi connectivity index (χ1) is 9.18. The molecule has 0 unspecified atom stereocenters. The van der Waals surface area contributed by atoms with Gasteiger partial charge in [0.1, 0.15) is 5.75 Å². The number of phenolic OH excluding ortho intramolecular Hbond substituents is 1. The molecule has 1 aliphatic carbocycles. The van der Waals surface area contributed by atoms with Gasteiger partial charge in [-0.05, 0) is 41.9 Å².